The van der Waals surface area contributed by atoms with Crippen molar-refractivity contribution < 1.29 is 14.2 Å². The molecule has 0 unspecified atom stereocenters. The number of hydrogen-bond donors (Lipinski definition) is 1. The van der Waals surface area contributed by atoms with Crippen LogP contribution in [-0.2, 0) is 14.2 Å². The number of unbranched alkanes of at least 4 members (excludes halogenated alkanes) is 2. The van der Waals surface area contributed by atoms with E-state index in [9.17, 15) is 0 Å². The molecule has 0 aliphatic rings. The SMILES string of the molecule is CCCCCOCCOCCOCCCN. The second kappa shape index (κ2) is 14.8. The molecule has 0 saturated heterocycles. The Bertz CT molecular complexity index is 109. The Kier molecular flexibility index (Phi) is 14.7. The second-order valence-corrected chi connectivity index (χ2v) is 3.69. The maximum atomic E-state index is 5.40. The molecule has 0 aromatic heterocycles. The van der Waals surface area contributed by atoms with Crippen LogP contribution in [0.1, 0.15) is 32.6 Å². The number of rotatable bonds is 13. The number of ether oxygens (including phenoxy) is 3. The van der Waals surface area contributed by atoms with Crippen molar-refractivity contribution in [1.82, 2.24) is 0 Å². The lowest BCUT2D eigenvalue weighted by atomic mass is 10.3. The molecule has 0 aliphatic carbocycles. The van der Waals surface area contributed by atoms with Gasteiger partial charge in [0.25, 0.3) is 0 Å². The van der Waals surface area contributed by atoms with E-state index in [2.05, 4.69) is 6.92 Å². The van der Waals surface area contributed by atoms with E-state index in [0.717, 1.165) is 26.1 Å². The fourth-order valence-corrected chi connectivity index (χ4v) is 1.18. The minimum absolute atomic E-state index is 0.642. The van der Waals surface area contributed by atoms with Gasteiger partial charge in [-0.1, -0.05) is 19.8 Å². The Hall–Kier alpha value is -0.160. The van der Waals surface area contributed by atoms with E-state index in [4.69, 9.17) is 19.9 Å². The van der Waals surface area contributed by atoms with Crippen LogP contribution in [0.5, 0.6) is 0 Å². The Balaban J connectivity index is 2.83. The van der Waals surface area contributed by atoms with Crippen molar-refractivity contribution in [3.63, 3.8) is 0 Å². The summed E-state index contributed by atoms with van der Waals surface area (Å²) in [4.78, 5) is 0. The van der Waals surface area contributed by atoms with Crippen LogP contribution in [0.4, 0.5) is 0 Å². The van der Waals surface area contributed by atoms with E-state index in [1.165, 1.54) is 12.8 Å². The summed E-state index contributed by atoms with van der Waals surface area (Å²) < 4.78 is 16.0. The van der Waals surface area contributed by atoms with Crippen LogP contribution in [0.2, 0.25) is 0 Å². The summed E-state index contributed by atoms with van der Waals surface area (Å²) in [6, 6.07) is 0. The number of hydrogen-bond acceptors (Lipinski definition) is 4. The molecule has 0 rings (SSSR count). The highest BCUT2D eigenvalue weighted by atomic mass is 16.5. The molecule has 2 N–H and O–H groups in total. The molecule has 0 heterocycles. The van der Waals surface area contributed by atoms with Crippen molar-refractivity contribution in [2.75, 3.05) is 46.2 Å². The fraction of sp³-hybridized carbons (Fsp3) is 1.00. The maximum Gasteiger partial charge on any atom is 0.0701 e. The third-order valence-electron chi connectivity index (χ3n) is 2.13. The van der Waals surface area contributed by atoms with E-state index in [1.54, 1.807) is 0 Å². The van der Waals surface area contributed by atoms with Gasteiger partial charge < -0.3 is 19.9 Å². The maximum absolute atomic E-state index is 5.40. The zero-order chi connectivity index (χ0) is 11.9. The molecule has 98 valence electrons. The van der Waals surface area contributed by atoms with E-state index < -0.39 is 0 Å². The predicted molar refractivity (Wildman–Crippen MR) is 65.7 cm³/mol. The van der Waals surface area contributed by atoms with Crippen LogP contribution in [0, 0.1) is 0 Å². The highest BCUT2D eigenvalue weighted by molar-refractivity contribution is 4.38. The molecule has 0 aromatic rings. The van der Waals surface area contributed by atoms with Gasteiger partial charge in [-0.25, -0.2) is 0 Å². The molecule has 16 heavy (non-hydrogen) atoms. The predicted octanol–water partition coefficient (Wildman–Crippen LogP) is 1.58. The van der Waals surface area contributed by atoms with Crippen molar-refractivity contribution in [3.8, 4) is 0 Å². The van der Waals surface area contributed by atoms with Crippen LogP contribution in [-0.4, -0.2) is 46.2 Å². The van der Waals surface area contributed by atoms with Gasteiger partial charge in [-0.3, -0.25) is 0 Å². The zero-order valence-electron chi connectivity index (χ0n) is 10.6. The summed E-state index contributed by atoms with van der Waals surface area (Å²) >= 11 is 0. The standard InChI is InChI=1S/C12H27NO3/c1-2-3-4-7-14-9-11-16-12-10-15-8-5-6-13/h2-13H2,1H3. The molecule has 0 bridgehead atoms. The van der Waals surface area contributed by atoms with Gasteiger partial charge in [-0.2, -0.15) is 0 Å². The first kappa shape index (κ1) is 15.8. The Morgan fingerprint density at radius 1 is 0.688 bits per heavy atom. The van der Waals surface area contributed by atoms with Gasteiger partial charge in [0.2, 0.25) is 0 Å². The third kappa shape index (κ3) is 13.8. The van der Waals surface area contributed by atoms with Gasteiger partial charge in [0.15, 0.2) is 0 Å². The van der Waals surface area contributed by atoms with Gasteiger partial charge in [-0.05, 0) is 19.4 Å². The van der Waals surface area contributed by atoms with Crippen LogP contribution < -0.4 is 5.73 Å². The molecule has 0 spiro atoms. The molecular formula is C12H27NO3. The molecule has 0 amide bonds. The highest BCUT2D eigenvalue weighted by Gasteiger charge is 1.91. The summed E-state index contributed by atoms with van der Waals surface area (Å²) in [6.45, 7) is 7.09. The minimum atomic E-state index is 0.642. The van der Waals surface area contributed by atoms with Gasteiger partial charge >= 0.3 is 0 Å². The van der Waals surface area contributed by atoms with E-state index >= 15 is 0 Å². The topological polar surface area (TPSA) is 53.7 Å². The van der Waals surface area contributed by atoms with Crippen molar-refractivity contribution in [2.45, 2.75) is 32.6 Å². The van der Waals surface area contributed by atoms with Gasteiger partial charge in [-0.15, -0.1) is 0 Å². The zero-order valence-corrected chi connectivity index (χ0v) is 10.6. The first-order valence-corrected chi connectivity index (χ1v) is 6.35. The van der Waals surface area contributed by atoms with Crippen molar-refractivity contribution in [3.05, 3.63) is 0 Å². The molecule has 0 radical (unpaired) electrons. The van der Waals surface area contributed by atoms with Crippen molar-refractivity contribution in [1.29, 1.82) is 0 Å². The smallest absolute Gasteiger partial charge is 0.0701 e. The van der Waals surface area contributed by atoms with Gasteiger partial charge in [0, 0.05) is 13.2 Å². The number of nitrogens with two attached hydrogens (primary N) is 1. The lowest BCUT2D eigenvalue weighted by Gasteiger charge is -2.06. The molecular weight excluding hydrogens is 206 g/mol. The second-order valence-electron chi connectivity index (χ2n) is 3.69. The quantitative estimate of drug-likeness (QED) is 0.491. The average Bonchev–Trinajstić information content (AvgIpc) is 2.31. The Labute approximate surface area is 99.4 Å². The molecule has 0 aromatic carbocycles. The van der Waals surface area contributed by atoms with E-state index in [-0.39, 0.29) is 0 Å². The van der Waals surface area contributed by atoms with E-state index in [0.29, 0.717) is 33.0 Å². The summed E-state index contributed by atoms with van der Waals surface area (Å²) in [6.07, 6.45) is 4.55. The summed E-state index contributed by atoms with van der Waals surface area (Å²) in [5, 5.41) is 0. The first-order chi connectivity index (χ1) is 7.91. The Morgan fingerprint density at radius 2 is 1.19 bits per heavy atom. The summed E-state index contributed by atoms with van der Waals surface area (Å²) in [7, 11) is 0. The highest BCUT2D eigenvalue weighted by Crippen LogP contribution is 1.93. The minimum Gasteiger partial charge on any atom is -0.379 e. The normalized spacial score (nSPS) is 10.9. The van der Waals surface area contributed by atoms with Crippen LogP contribution in [0.25, 0.3) is 0 Å². The molecule has 0 fully saturated rings. The van der Waals surface area contributed by atoms with Crippen molar-refractivity contribution in [2.24, 2.45) is 5.73 Å². The summed E-state index contributed by atoms with van der Waals surface area (Å²) in [5.74, 6) is 0. The monoisotopic (exact) mass is 233 g/mol. The summed E-state index contributed by atoms with van der Waals surface area (Å²) in [5.41, 5.74) is 5.33. The van der Waals surface area contributed by atoms with Crippen LogP contribution in [0.3, 0.4) is 0 Å². The molecule has 0 saturated carbocycles. The first-order valence-electron chi connectivity index (χ1n) is 6.35. The molecule has 4 heteroatoms. The van der Waals surface area contributed by atoms with Crippen LogP contribution in [0.15, 0.2) is 0 Å². The van der Waals surface area contributed by atoms with Gasteiger partial charge in [0.05, 0.1) is 26.4 Å². The average molecular weight is 233 g/mol. The largest absolute Gasteiger partial charge is 0.379 e. The van der Waals surface area contributed by atoms with E-state index in [1.807, 2.05) is 0 Å². The van der Waals surface area contributed by atoms with Crippen molar-refractivity contribution >= 4 is 0 Å². The Morgan fingerprint density at radius 3 is 1.69 bits per heavy atom. The fourth-order valence-electron chi connectivity index (χ4n) is 1.18. The van der Waals surface area contributed by atoms with Gasteiger partial charge in [0.1, 0.15) is 0 Å². The molecule has 4 nitrogen and oxygen atoms in total. The lowest BCUT2D eigenvalue weighted by molar-refractivity contribution is 0.0138. The molecule has 0 aliphatic heterocycles. The third-order valence-corrected chi connectivity index (χ3v) is 2.13. The lowest BCUT2D eigenvalue weighted by Crippen LogP contribution is -2.11. The molecule has 0 atom stereocenters. The van der Waals surface area contributed by atoms with Crippen LogP contribution >= 0.6 is 0 Å².